The van der Waals surface area contributed by atoms with Crippen LogP contribution in [0.5, 0.6) is 0 Å². The number of nitrogens with two attached hydrogens (primary N) is 1. The minimum Gasteiger partial charge on any atom is -0.309 e. The van der Waals surface area contributed by atoms with E-state index in [1.807, 2.05) is 19.0 Å². The second-order valence-corrected chi connectivity index (χ2v) is 4.66. The van der Waals surface area contributed by atoms with Crippen LogP contribution in [0.1, 0.15) is 0 Å². The average molecular weight is 257 g/mol. The number of hydrogen-bond donors (Lipinski definition) is 2. The Morgan fingerprint density at radius 1 is 1.59 bits per heavy atom. The lowest BCUT2D eigenvalue weighted by Crippen LogP contribution is -2.15. The van der Waals surface area contributed by atoms with E-state index in [2.05, 4.69) is 10.4 Å². The molecule has 0 aromatic carbocycles. The van der Waals surface area contributed by atoms with Crippen molar-refractivity contribution in [3.05, 3.63) is 22.2 Å². The van der Waals surface area contributed by atoms with Crippen molar-refractivity contribution in [2.24, 2.45) is 5.84 Å². The predicted octanol–water partition coefficient (Wildman–Crippen LogP) is 0.929. The van der Waals surface area contributed by atoms with E-state index in [0.717, 1.165) is 12.3 Å². The van der Waals surface area contributed by atoms with E-state index in [4.69, 9.17) is 5.84 Å². The predicted molar refractivity (Wildman–Crippen MR) is 68.0 cm³/mol. The zero-order chi connectivity index (χ0) is 12.8. The summed E-state index contributed by atoms with van der Waals surface area (Å²) in [6.45, 7) is 0.823. The van der Waals surface area contributed by atoms with Gasteiger partial charge in [0.1, 0.15) is 5.82 Å². The van der Waals surface area contributed by atoms with Gasteiger partial charge in [0.2, 0.25) is 0 Å². The van der Waals surface area contributed by atoms with E-state index in [9.17, 15) is 10.1 Å². The molecule has 17 heavy (non-hydrogen) atoms. The maximum absolute atomic E-state index is 10.8. The third kappa shape index (κ3) is 4.17. The van der Waals surface area contributed by atoms with Gasteiger partial charge < -0.3 is 10.3 Å². The summed E-state index contributed by atoms with van der Waals surface area (Å²) in [5, 5.41) is 11.2. The first kappa shape index (κ1) is 13.7. The number of hydrazine groups is 1. The van der Waals surface area contributed by atoms with Crippen molar-refractivity contribution in [1.29, 1.82) is 0 Å². The Morgan fingerprint density at radius 2 is 2.29 bits per heavy atom. The summed E-state index contributed by atoms with van der Waals surface area (Å²) in [4.78, 5) is 16.4. The summed E-state index contributed by atoms with van der Waals surface area (Å²) in [6.07, 6.45) is 0. The number of anilines is 1. The van der Waals surface area contributed by atoms with Crippen molar-refractivity contribution in [3.8, 4) is 0 Å². The first-order chi connectivity index (χ1) is 8.04. The fourth-order valence-corrected chi connectivity index (χ4v) is 2.19. The standard InChI is InChI=1S/C9H15N5O2S/c1-13(2)5-6-17-9-7(14(15)16)3-4-8(11-9)12-10/h3-4H,5-6,10H2,1-2H3,(H,11,12). The van der Waals surface area contributed by atoms with Gasteiger partial charge in [-0.3, -0.25) is 10.1 Å². The average Bonchev–Trinajstić information content (AvgIpc) is 2.28. The van der Waals surface area contributed by atoms with E-state index in [1.165, 1.54) is 23.9 Å². The van der Waals surface area contributed by atoms with Gasteiger partial charge in [-0.25, -0.2) is 10.8 Å². The molecule has 0 saturated heterocycles. The fourth-order valence-electron chi connectivity index (χ4n) is 1.08. The van der Waals surface area contributed by atoms with Crippen LogP contribution in [0.4, 0.5) is 11.5 Å². The zero-order valence-corrected chi connectivity index (χ0v) is 10.5. The van der Waals surface area contributed by atoms with Gasteiger partial charge in [0.25, 0.3) is 0 Å². The molecule has 0 atom stereocenters. The van der Waals surface area contributed by atoms with Gasteiger partial charge in [-0.05, 0) is 20.2 Å². The highest BCUT2D eigenvalue weighted by Crippen LogP contribution is 2.28. The summed E-state index contributed by atoms with van der Waals surface area (Å²) in [6, 6.07) is 2.88. The summed E-state index contributed by atoms with van der Waals surface area (Å²) < 4.78 is 0. The number of nitrogens with one attached hydrogen (secondary N) is 1. The Morgan fingerprint density at radius 3 is 2.82 bits per heavy atom. The first-order valence-electron chi connectivity index (χ1n) is 4.94. The third-order valence-electron chi connectivity index (χ3n) is 1.96. The Kier molecular flexibility index (Phi) is 5.13. The number of hydrogen-bond acceptors (Lipinski definition) is 7. The molecule has 7 nitrogen and oxygen atoms in total. The third-order valence-corrected chi connectivity index (χ3v) is 2.92. The number of thioether (sulfide) groups is 1. The van der Waals surface area contributed by atoms with E-state index < -0.39 is 4.92 Å². The molecule has 1 aromatic rings. The summed E-state index contributed by atoms with van der Waals surface area (Å²) in [7, 11) is 3.89. The molecule has 0 saturated carbocycles. The van der Waals surface area contributed by atoms with Crippen molar-refractivity contribution in [2.45, 2.75) is 5.03 Å². The lowest BCUT2D eigenvalue weighted by atomic mass is 10.4. The molecular weight excluding hydrogens is 242 g/mol. The number of nitrogens with zero attached hydrogens (tertiary/aromatic N) is 3. The smallest absolute Gasteiger partial charge is 0.301 e. The van der Waals surface area contributed by atoms with Gasteiger partial charge in [0.15, 0.2) is 5.03 Å². The molecule has 3 N–H and O–H groups in total. The van der Waals surface area contributed by atoms with Gasteiger partial charge in [-0.15, -0.1) is 0 Å². The van der Waals surface area contributed by atoms with E-state index >= 15 is 0 Å². The Balaban J connectivity index is 2.82. The molecule has 0 spiro atoms. The normalized spacial score (nSPS) is 10.6. The molecule has 0 fully saturated rings. The van der Waals surface area contributed by atoms with Crippen LogP contribution in [0.2, 0.25) is 0 Å². The van der Waals surface area contributed by atoms with Crippen LogP contribution >= 0.6 is 11.8 Å². The lowest BCUT2D eigenvalue weighted by molar-refractivity contribution is -0.388. The highest BCUT2D eigenvalue weighted by atomic mass is 32.2. The van der Waals surface area contributed by atoms with Gasteiger partial charge in [0, 0.05) is 18.4 Å². The maximum Gasteiger partial charge on any atom is 0.301 e. The molecule has 8 heteroatoms. The molecule has 0 aliphatic rings. The Labute approximate surface area is 104 Å². The SMILES string of the molecule is CN(C)CCSc1nc(NN)ccc1[N+](=O)[O-]. The monoisotopic (exact) mass is 257 g/mol. The second kappa shape index (κ2) is 6.38. The number of aromatic nitrogens is 1. The Hall–Kier alpha value is -1.38. The minimum absolute atomic E-state index is 0.00718. The van der Waals surface area contributed by atoms with Crippen LogP contribution < -0.4 is 11.3 Å². The number of rotatable bonds is 6. The van der Waals surface area contributed by atoms with Crippen LogP contribution in [0, 0.1) is 10.1 Å². The van der Waals surface area contributed by atoms with Crippen molar-refractivity contribution in [2.75, 3.05) is 31.8 Å². The molecule has 94 valence electrons. The van der Waals surface area contributed by atoms with Crippen molar-refractivity contribution in [1.82, 2.24) is 9.88 Å². The van der Waals surface area contributed by atoms with Gasteiger partial charge in [0.05, 0.1) is 4.92 Å². The number of nitro groups is 1. The van der Waals surface area contributed by atoms with Crippen molar-refractivity contribution < 1.29 is 4.92 Å². The van der Waals surface area contributed by atoms with Crippen LogP contribution in [0.3, 0.4) is 0 Å². The highest BCUT2D eigenvalue weighted by molar-refractivity contribution is 7.99. The molecule has 0 bridgehead atoms. The van der Waals surface area contributed by atoms with Crippen LogP contribution in [-0.4, -0.2) is 41.2 Å². The maximum atomic E-state index is 10.8. The molecule has 0 aliphatic heterocycles. The molecule has 0 amide bonds. The van der Waals surface area contributed by atoms with Crippen molar-refractivity contribution in [3.63, 3.8) is 0 Å². The second-order valence-electron chi connectivity index (χ2n) is 3.57. The lowest BCUT2D eigenvalue weighted by Gasteiger charge is -2.09. The highest BCUT2D eigenvalue weighted by Gasteiger charge is 2.16. The van der Waals surface area contributed by atoms with E-state index in [-0.39, 0.29) is 5.69 Å². The quantitative estimate of drug-likeness (QED) is 0.338. The van der Waals surface area contributed by atoms with Gasteiger partial charge in [-0.2, -0.15) is 0 Å². The molecule has 1 rings (SSSR count). The van der Waals surface area contributed by atoms with Crippen LogP contribution in [0.25, 0.3) is 0 Å². The molecular formula is C9H15N5O2S. The first-order valence-corrected chi connectivity index (χ1v) is 5.92. The molecule has 1 heterocycles. The van der Waals surface area contributed by atoms with E-state index in [1.54, 1.807) is 0 Å². The number of nitrogen functional groups attached to an aromatic ring is 1. The zero-order valence-electron chi connectivity index (χ0n) is 9.71. The molecule has 0 aliphatic carbocycles. The van der Waals surface area contributed by atoms with E-state index in [0.29, 0.717) is 10.8 Å². The van der Waals surface area contributed by atoms with Gasteiger partial charge in [-0.1, -0.05) is 11.8 Å². The molecule has 1 aromatic heterocycles. The minimum atomic E-state index is -0.439. The fraction of sp³-hybridized carbons (Fsp3) is 0.444. The summed E-state index contributed by atoms with van der Waals surface area (Å²) in [5.74, 6) is 6.37. The number of pyridine rings is 1. The van der Waals surface area contributed by atoms with Crippen LogP contribution in [-0.2, 0) is 0 Å². The van der Waals surface area contributed by atoms with Crippen molar-refractivity contribution >= 4 is 23.3 Å². The summed E-state index contributed by atoms with van der Waals surface area (Å²) >= 11 is 1.34. The van der Waals surface area contributed by atoms with Gasteiger partial charge >= 0.3 is 5.69 Å². The molecule has 0 unspecified atom stereocenters. The Bertz CT molecular complexity index is 399. The topological polar surface area (TPSA) is 97.3 Å². The van der Waals surface area contributed by atoms with Crippen LogP contribution in [0.15, 0.2) is 17.2 Å². The largest absolute Gasteiger partial charge is 0.309 e. The molecule has 0 radical (unpaired) electrons. The summed E-state index contributed by atoms with van der Waals surface area (Å²) in [5.41, 5.74) is 2.38.